The molecule has 4 rings (SSSR count). The maximum absolute atomic E-state index is 13.1. The summed E-state index contributed by atoms with van der Waals surface area (Å²) < 4.78 is 15.2. The van der Waals surface area contributed by atoms with Crippen molar-refractivity contribution in [2.45, 2.75) is 19.8 Å². The first-order valence-corrected chi connectivity index (χ1v) is 7.58. The van der Waals surface area contributed by atoms with Crippen LogP contribution in [0.3, 0.4) is 0 Å². The van der Waals surface area contributed by atoms with Crippen LogP contribution in [0.15, 0.2) is 36.7 Å². The van der Waals surface area contributed by atoms with Gasteiger partial charge in [-0.2, -0.15) is 0 Å². The smallest absolute Gasteiger partial charge is 0.181 e. The number of anilines is 1. The number of fused-ring (bicyclic) bond motifs is 1. The van der Waals surface area contributed by atoms with E-state index in [0.29, 0.717) is 0 Å². The standard InChI is InChI=1S/C17H17FN4/c1-12-15(13-4-6-14(18)7-5-13)20-17-16(19-8-11-22(12)17)21-9-2-3-10-21/h4-8,11H,2-3,9-10H2,1H3. The van der Waals surface area contributed by atoms with Gasteiger partial charge in [0.15, 0.2) is 11.5 Å². The van der Waals surface area contributed by atoms with Gasteiger partial charge in [0.25, 0.3) is 0 Å². The number of imidazole rings is 1. The van der Waals surface area contributed by atoms with E-state index in [1.165, 1.54) is 25.0 Å². The molecular weight excluding hydrogens is 279 g/mol. The molecule has 3 heterocycles. The molecule has 0 aliphatic carbocycles. The van der Waals surface area contributed by atoms with Gasteiger partial charge in [-0.1, -0.05) is 0 Å². The summed E-state index contributed by atoms with van der Waals surface area (Å²) in [5, 5.41) is 0. The number of rotatable bonds is 2. The van der Waals surface area contributed by atoms with Crippen molar-refractivity contribution in [3.8, 4) is 11.3 Å². The lowest BCUT2D eigenvalue weighted by molar-refractivity contribution is 0.628. The van der Waals surface area contributed by atoms with E-state index in [4.69, 9.17) is 4.98 Å². The van der Waals surface area contributed by atoms with E-state index < -0.39 is 0 Å². The highest BCUT2D eigenvalue weighted by atomic mass is 19.1. The van der Waals surface area contributed by atoms with Crippen molar-refractivity contribution in [2.75, 3.05) is 18.0 Å². The van der Waals surface area contributed by atoms with Crippen LogP contribution in [-0.4, -0.2) is 27.5 Å². The van der Waals surface area contributed by atoms with Crippen molar-refractivity contribution in [3.63, 3.8) is 0 Å². The Kier molecular flexibility index (Phi) is 3.06. The van der Waals surface area contributed by atoms with Gasteiger partial charge in [0.2, 0.25) is 0 Å². The van der Waals surface area contributed by atoms with Crippen LogP contribution >= 0.6 is 0 Å². The van der Waals surface area contributed by atoms with Crippen molar-refractivity contribution >= 4 is 11.5 Å². The van der Waals surface area contributed by atoms with Gasteiger partial charge >= 0.3 is 0 Å². The third-order valence-electron chi connectivity index (χ3n) is 4.29. The van der Waals surface area contributed by atoms with Gasteiger partial charge in [0.05, 0.1) is 5.69 Å². The maximum Gasteiger partial charge on any atom is 0.181 e. The Morgan fingerprint density at radius 1 is 1.09 bits per heavy atom. The SMILES string of the molecule is Cc1c(-c2ccc(F)cc2)nc2c(N3CCCC3)nccn12. The van der Waals surface area contributed by atoms with Gasteiger partial charge in [-0.25, -0.2) is 14.4 Å². The Morgan fingerprint density at radius 3 is 2.55 bits per heavy atom. The van der Waals surface area contributed by atoms with Crippen LogP contribution in [-0.2, 0) is 0 Å². The van der Waals surface area contributed by atoms with Gasteiger partial charge < -0.3 is 4.90 Å². The third kappa shape index (κ3) is 2.04. The molecule has 0 spiro atoms. The topological polar surface area (TPSA) is 33.4 Å². The van der Waals surface area contributed by atoms with Crippen LogP contribution in [0.4, 0.5) is 10.2 Å². The monoisotopic (exact) mass is 296 g/mol. The zero-order chi connectivity index (χ0) is 15.1. The molecule has 1 aliphatic heterocycles. The maximum atomic E-state index is 13.1. The van der Waals surface area contributed by atoms with Crippen LogP contribution < -0.4 is 4.90 Å². The molecule has 0 unspecified atom stereocenters. The minimum atomic E-state index is -0.232. The molecular formula is C17H17FN4. The Balaban J connectivity index is 1.88. The van der Waals surface area contributed by atoms with Gasteiger partial charge in [-0.05, 0) is 44.0 Å². The number of nitrogens with zero attached hydrogens (tertiary/aromatic N) is 4. The van der Waals surface area contributed by atoms with Gasteiger partial charge in [0.1, 0.15) is 5.82 Å². The molecule has 0 amide bonds. The van der Waals surface area contributed by atoms with E-state index in [0.717, 1.165) is 41.5 Å². The molecule has 1 aromatic carbocycles. The second kappa shape index (κ2) is 5.09. The predicted molar refractivity (Wildman–Crippen MR) is 84.6 cm³/mol. The second-order valence-electron chi connectivity index (χ2n) is 5.69. The molecule has 1 aliphatic rings. The zero-order valence-electron chi connectivity index (χ0n) is 12.5. The van der Waals surface area contributed by atoms with Crippen molar-refractivity contribution < 1.29 is 4.39 Å². The number of hydrogen-bond acceptors (Lipinski definition) is 3. The van der Waals surface area contributed by atoms with Gasteiger partial charge in [0, 0.05) is 36.7 Å². The van der Waals surface area contributed by atoms with Crippen LogP contribution in [0.25, 0.3) is 16.9 Å². The first kappa shape index (κ1) is 13.2. The second-order valence-corrected chi connectivity index (χ2v) is 5.69. The fraction of sp³-hybridized carbons (Fsp3) is 0.294. The minimum Gasteiger partial charge on any atom is -0.354 e. The Hall–Kier alpha value is -2.43. The molecule has 4 nitrogen and oxygen atoms in total. The molecule has 0 atom stereocenters. The first-order chi connectivity index (χ1) is 10.7. The zero-order valence-corrected chi connectivity index (χ0v) is 12.5. The van der Waals surface area contributed by atoms with Crippen molar-refractivity contribution in [3.05, 3.63) is 48.2 Å². The van der Waals surface area contributed by atoms with Crippen LogP contribution in [0.2, 0.25) is 0 Å². The van der Waals surface area contributed by atoms with Crippen LogP contribution in [0, 0.1) is 12.7 Å². The van der Waals surface area contributed by atoms with Crippen molar-refractivity contribution in [1.29, 1.82) is 0 Å². The lowest BCUT2D eigenvalue weighted by Gasteiger charge is -2.16. The third-order valence-corrected chi connectivity index (χ3v) is 4.29. The molecule has 0 bridgehead atoms. The van der Waals surface area contributed by atoms with E-state index in [-0.39, 0.29) is 5.82 Å². The molecule has 22 heavy (non-hydrogen) atoms. The van der Waals surface area contributed by atoms with Crippen LogP contribution in [0.1, 0.15) is 18.5 Å². The summed E-state index contributed by atoms with van der Waals surface area (Å²) in [4.78, 5) is 11.6. The quantitative estimate of drug-likeness (QED) is 0.726. The van der Waals surface area contributed by atoms with E-state index in [2.05, 4.69) is 14.3 Å². The summed E-state index contributed by atoms with van der Waals surface area (Å²) >= 11 is 0. The van der Waals surface area contributed by atoms with E-state index in [9.17, 15) is 4.39 Å². The number of halogens is 1. The molecule has 5 heteroatoms. The summed E-state index contributed by atoms with van der Waals surface area (Å²) in [5.74, 6) is 0.709. The Bertz CT molecular complexity index is 817. The Labute approximate surface area is 128 Å². The fourth-order valence-electron chi connectivity index (χ4n) is 3.12. The largest absolute Gasteiger partial charge is 0.354 e. The summed E-state index contributed by atoms with van der Waals surface area (Å²) in [5.41, 5.74) is 3.73. The van der Waals surface area contributed by atoms with Crippen LogP contribution in [0.5, 0.6) is 0 Å². The van der Waals surface area contributed by atoms with Gasteiger partial charge in [-0.3, -0.25) is 4.40 Å². The average molecular weight is 296 g/mol. The lowest BCUT2D eigenvalue weighted by Crippen LogP contribution is -2.19. The van der Waals surface area contributed by atoms with Gasteiger partial charge in [-0.15, -0.1) is 0 Å². The number of aryl methyl sites for hydroxylation is 1. The summed E-state index contributed by atoms with van der Waals surface area (Å²) in [6.07, 6.45) is 6.16. The minimum absolute atomic E-state index is 0.232. The highest BCUT2D eigenvalue weighted by molar-refractivity contribution is 5.73. The van der Waals surface area contributed by atoms with Crippen molar-refractivity contribution in [1.82, 2.24) is 14.4 Å². The molecule has 0 radical (unpaired) electrons. The summed E-state index contributed by atoms with van der Waals surface area (Å²) in [6.45, 7) is 4.10. The molecule has 1 fully saturated rings. The molecule has 112 valence electrons. The molecule has 2 aromatic heterocycles. The summed E-state index contributed by atoms with van der Waals surface area (Å²) in [7, 11) is 0. The first-order valence-electron chi connectivity index (χ1n) is 7.58. The number of aromatic nitrogens is 3. The van der Waals surface area contributed by atoms with Crippen molar-refractivity contribution in [2.24, 2.45) is 0 Å². The number of benzene rings is 1. The molecule has 3 aromatic rings. The fourth-order valence-corrected chi connectivity index (χ4v) is 3.12. The molecule has 0 saturated carbocycles. The summed E-state index contributed by atoms with van der Waals surface area (Å²) in [6, 6.07) is 6.48. The Morgan fingerprint density at radius 2 is 1.82 bits per heavy atom. The average Bonchev–Trinajstić information content (AvgIpc) is 3.17. The number of hydrogen-bond donors (Lipinski definition) is 0. The molecule has 0 N–H and O–H groups in total. The highest BCUT2D eigenvalue weighted by Gasteiger charge is 2.20. The predicted octanol–water partition coefficient (Wildman–Crippen LogP) is 3.44. The molecule has 1 saturated heterocycles. The van der Waals surface area contributed by atoms with E-state index in [1.54, 1.807) is 12.1 Å². The highest BCUT2D eigenvalue weighted by Crippen LogP contribution is 2.29. The van der Waals surface area contributed by atoms with E-state index in [1.807, 2.05) is 19.3 Å². The lowest BCUT2D eigenvalue weighted by atomic mass is 10.1. The normalized spacial score (nSPS) is 14.9. The van der Waals surface area contributed by atoms with E-state index >= 15 is 0 Å².